The second-order valence-electron chi connectivity index (χ2n) is 9.42. The lowest BCUT2D eigenvalue weighted by atomic mass is 10.1. The highest BCUT2D eigenvalue weighted by molar-refractivity contribution is 7.71. The molecule has 0 atom stereocenters. The van der Waals surface area contributed by atoms with E-state index in [9.17, 15) is 14.4 Å². The van der Waals surface area contributed by atoms with Crippen molar-refractivity contribution in [3.05, 3.63) is 27.4 Å². The quantitative estimate of drug-likeness (QED) is 0.141. The second kappa shape index (κ2) is 16.3. The number of nitrogens with zero attached hydrogens (tertiary/aromatic N) is 2. The van der Waals surface area contributed by atoms with E-state index in [0.29, 0.717) is 35.4 Å². The van der Waals surface area contributed by atoms with Crippen LogP contribution in [0, 0.1) is 4.77 Å². The van der Waals surface area contributed by atoms with Crippen LogP contribution >= 0.6 is 12.2 Å². The first kappa shape index (κ1) is 29.8. The molecule has 0 aromatic carbocycles. The fraction of sp³-hybridized carbons (Fsp3) is 0.692. The van der Waals surface area contributed by atoms with E-state index < -0.39 is 5.97 Å². The zero-order valence-corrected chi connectivity index (χ0v) is 22.4. The van der Waals surface area contributed by atoms with Gasteiger partial charge in [-0.15, -0.1) is 0 Å². The van der Waals surface area contributed by atoms with Crippen molar-refractivity contribution in [3.8, 4) is 0 Å². The Balaban J connectivity index is 1.66. The maximum Gasteiger partial charge on any atom is 0.307 e. The normalized spacial score (nSPS) is 11.4. The summed E-state index contributed by atoms with van der Waals surface area (Å²) in [6.07, 6.45) is 12.8. The highest BCUT2D eigenvalue weighted by atomic mass is 32.1. The van der Waals surface area contributed by atoms with Crippen LogP contribution in [0.15, 0.2) is 17.1 Å². The molecule has 2 aromatic heterocycles. The van der Waals surface area contributed by atoms with Crippen molar-refractivity contribution in [2.24, 2.45) is 0 Å². The molecule has 2 aromatic rings. The van der Waals surface area contributed by atoms with Gasteiger partial charge in [-0.25, -0.2) is 0 Å². The Morgan fingerprint density at radius 3 is 2.17 bits per heavy atom. The van der Waals surface area contributed by atoms with Crippen molar-refractivity contribution < 1.29 is 24.2 Å². The largest absolute Gasteiger partial charge is 0.481 e. The number of carbonyl (C=O) groups excluding carboxylic acids is 1. The van der Waals surface area contributed by atoms with Gasteiger partial charge in [0.1, 0.15) is 5.52 Å². The molecule has 0 spiro atoms. The van der Waals surface area contributed by atoms with E-state index in [1.165, 1.54) is 12.8 Å². The number of nitrogens with one attached hydrogen (secondary N) is 1. The number of carboxylic acids is 1. The summed E-state index contributed by atoms with van der Waals surface area (Å²) >= 11 is 5.32. The highest BCUT2D eigenvalue weighted by Gasteiger charge is 2.12. The van der Waals surface area contributed by atoms with Crippen LogP contribution in [-0.4, -0.2) is 43.9 Å². The van der Waals surface area contributed by atoms with Gasteiger partial charge in [0, 0.05) is 25.6 Å². The lowest BCUT2D eigenvalue weighted by molar-refractivity contribution is -0.147. The Bertz CT molecular complexity index is 1070. The van der Waals surface area contributed by atoms with Crippen LogP contribution in [-0.2, 0) is 32.3 Å². The Morgan fingerprint density at radius 2 is 1.58 bits per heavy atom. The van der Waals surface area contributed by atoms with Crippen LogP contribution in [0.25, 0.3) is 11.0 Å². The van der Waals surface area contributed by atoms with E-state index in [0.717, 1.165) is 51.4 Å². The Morgan fingerprint density at radius 1 is 1.00 bits per heavy atom. The number of esters is 1. The SMILES string of the molecule is CC(C)OCCn1c(=S)[nH]c(=O)c2c1ccn2COC(=O)CCCCCCCCCCCCC(=O)O. The summed E-state index contributed by atoms with van der Waals surface area (Å²) in [5.74, 6) is -0.983. The Hall–Kier alpha value is -2.46. The van der Waals surface area contributed by atoms with Gasteiger partial charge in [-0.2, -0.15) is 0 Å². The average molecular weight is 524 g/mol. The first-order chi connectivity index (χ1) is 17.3. The number of ether oxygens (including phenoxy) is 2. The van der Waals surface area contributed by atoms with E-state index >= 15 is 0 Å². The van der Waals surface area contributed by atoms with E-state index in [-0.39, 0.29) is 30.8 Å². The number of hydrogen-bond acceptors (Lipinski definition) is 6. The molecule has 202 valence electrons. The van der Waals surface area contributed by atoms with Crippen LogP contribution in [0.1, 0.15) is 90.9 Å². The van der Waals surface area contributed by atoms with Crippen molar-refractivity contribution in [1.82, 2.24) is 14.1 Å². The number of unbranched alkanes of at least 4 members (excludes halogenated alkanes) is 9. The standard InChI is InChI=1S/C26H41N3O6S/c1-20(2)34-18-17-29-21-15-16-28(24(21)25(33)27-26(29)36)19-35-23(32)14-12-10-8-6-4-3-5-7-9-11-13-22(30)31/h15-16,20H,3-14,17-19H2,1-2H3,(H,30,31)(H,27,33,36). The fourth-order valence-electron chi connectivity index (χ4n) is 4.14. The first-order valence-corrected chi connectivity index (χ1v) is 13.5. The molecule has 0 aliphatic carbocycles. The number of aromatic amines is 1. The smallest absolute Gasteiger partial charge is 0.307 e. The van der Waals surface area contributed by atoms with Crippen LogP contribution in [0.3, 0.4) is 0 Å². The summed E-state index contributed by atoms with van der Waals surface area (Å²) in [5.41, 5.74) is 0.799. The fourth-order valence-corrected chi connectivity index (χ4v) is 4.42. The van der Waals surface area contributed by atoms with Gasteiger partial charge in [0.15, 0.2) is 11.5 Å². The van der Waals surface area contributed by atoms with E-state index in [1.807, 2.05) is 18.4 Å². The molecule has 0 aliphatic heterocycles. The van der Waals surface area contributed by atoms with Crippen molar-refractivity contribution >= 4 is 35.2 Å². The van der Waals surface area contributed by atoms with Gasteiger partial charge in [-0.05, 0) is 45.0 Å². The van der Waals surface area contributed by atoms with Crippen molar-refractivity contribution in [2.45, 2.75) is 110 Å². The molecule has 0 unspecified atom stereocenters. The molecule has 0 saturated carbocycles. The summed E-state index contributed by atoms with van der Waals surface area (Å²) in [5, 5.41) is 8.62. The number of aromatic nitrogens is 3. The number of carbonyl (C=O) groups is 2. The van der Waals surface area contributed by atoms with Gasteiger partial charge in [0.25, 0.3) is 5.56 Å². The summed E-state index contributed by atoms with van der Waals surface area (Å²) in [4.78, 5) is 37.9. The summed E-state index contributed by atoms with van der Waals surface area (Å²) in [6.45, 7) is 4.90. The predicted molar refractivity (Wildman–Crippen MR) is 142 cm³/mol. The number of rotatable bonds is 19. The van der Waals surface area contributed by atoms with Crippen molar-refractivity contribution in [3.63, 3.8) is 0 Å². The molecule has 2 heterocycles. The monoisotopic (exact) mass is 523 g/mol. The number of H-pyrrole nitrogens is 1. The number of fused-ring (bicyclic) bond motifs is 1. The third-order valence-electron chi connectivity index (χ3n) is 6.07. The van der Waals surface area contributed by atoms with E-state index in [4.69, 9.17) is 26.8 Å². The third-order valence-corrected chi connectivity index (χ3v) is 6.39. The van der Waals surface area contributed by atoms with Gasteiger partial charge in [-0.3, -0.25) is 19.4 Å². The maximum absolute atomic E-state index is 12.5. The molecule has 2 rings (SSSR count). The third kappa shape index (κ3) is 10.7. The second-order valence-corrected chi connectivity index (χ2v) is 9.81. The molecule has 0 fully saturated rings. The molecule has 0 aliphatic rings. The minimum Gasteiger partial charge on any atom is -0.481 e. The van der Waals surface area contributed by atoms with Gasteiger partial charge in [-0.1, -0.05) is 51.4 Å². The molecule has 36 heavy (non-hydrogen) atoms. The zero-order valence-electron chi connectivity index (χ0n) is 21.6. The van der Waals surface area contributed by atoms with E-state index in [1.54, 1.807) is 16.8 Å². The van der Waals surface area contributed by atoms with Gasteiger partial charge < -0.3 is 23.7 Å². The molecule has 10 heteroatoms. The molecule has 0 saturated heterocycles. The lowest BCUT2D eigenvalue weighted by Gasteiger charge is -2.12. The minimum atomic E-state index is -0.713. The summed E-state index contributed by atoms with van der Waals surface area (Å²) in [6, 6.07) is 1.81. The van der Waals surface area contributed by atoms with Crippen LogP contribution in [0.4, 0.5) is 0 Å². The van der Waals surface area contributed by atoms with Crippen molar-refractivity contribution in [1.29, 1.82) is 0 Å². The van der Waals surface area contributed by atoms with Gasteiger partial charge in [0.2, 0.25) is 0 Å². The minimum absolute atomic E-state index is 0.0167. The topological polar surface area (TPSA) is 116 Å². The van der Waals surface area contributed by atoms with Crippen LogP contribution in [0.5, 0.6) is 0 Å². The predicted octanol–water partition coefficient (Wildman–Crippen LogP) is 5.55. The highest BCUT2D eigenvalue weighted by Crippen LogP contribution is 2.14. The number of carboxylic acid groups (broad SMARTS) is 1. The molecular formula is C26H41N3O6S. The maximum atomic E-state index is 12.5. The Kier molecular flexibility index (Phi) is 13.5. The first-order valence-electron chi connectivity index (χ1n) is 13.1. The van der Waals surface area contributed by atoms with Gasteiger partial charge in [0.05, 0.1) is 18.2 Å². The Labute approximate surface area is 217 Å². The number of aliphatic carboxylic acids is 1. The lowest BCUT2D eigenvalue weighted by Crippen LogP contribution is -2.20. The van der Waals surface area contributed by atoms with Gasteiger partial charge >= 0.3 is 11.9 Å². The number of hydrogen-bond donors (Lipinski definition) is 2. The molecule has 2 N–H and O–H groups in total. The molecule has 0 bridgehead atoms. The van der Waals surface area contributed by atoms with Crippen molar-refractivity contribution in [2.75, 3.05) is 6.61 Å². The molecule has 0 radical (unpaired) electrons. The van der Waals surface area contributed by atoms with E-state index in [2.05, 4.69) is 4.98 Å². The van der Waals surface area contributed by atoms with Crippen LogP contribution < -0.4 is 5.56 Å². The van der Waals surface area contributed by atoms with Crippen LogP contribution in [0.2, 0.25) is 0 Å². The molecule has 0 amide bonds. The summed E-state index contributed by atoms with van der Waals surface area (Å²) < 4.78 is 14.8. The molecular weight excluding hydrogens is 482 g/mol. The average Bonchev–Trinajstić information content (AvgIpc) is 3.24. The summed E-state index contributed by atoms with van der Waals surface area (Å²) in [7, 11) is 0. The molecule has 9 nitrogen and oxygen atoms in total. The zero-order chi connectivity index (χ0) is 26.3.